The number of rotatable bonds is 8. The van der Waals surface area contributed by atoms with Crippen molar-refractivity contribution in [2.24, 2.45) is 0 Å². The third-order valence-corrected chi connectivity index (χ3v) is 3.69. The van der Waals surface area contributed by atoms with Crippen molar-refractivity contribution < 1.29 is 14.3 Å². The molecule has 1 amide bonds. The maximum absolute atomic E-state index is 12.1. The van der Waals surface area contributed by atoms with Crippen LogP contribution in [-0.4, -0.2) is 35.4 Å². The first-order valence-electron chi connectivity index (χ1n) is 7.11. The van der Waals surface area contributed by atoms with E-state index in [4.69, 9.17) is 9.47 Å². The first-order chi connectivity index (χ1) is 10.7. The highest BCUT2D eigenvalue weighted by Gasteiger charge is 2.16. The molecule has 1 N–H and O–H groups in total. The van der Waals surface area contributed by atoms with E-state index < -0.39 is 6.10 Å². The first kappa shape index (κ1) is 16.4. The zero-order valence-electron chi connectivity index (χ0n) is 12.6. The summed E-state index contributed by atoms with van der Waals surface area (Å²) in [6, 6.07) is 9.22. The molecule has 22 heavy (non-hydrogen) atoms. The zero-order chi connectivity index (χ0) is 15.8. The van der Waals surface area contributed by atoms with Crippen LogP contribution in [0.3, 0.4) is 0 Å². The van der Waals surface area contributed by atoms with E-state index in [1.807, 2.05) is 25.1 Å². The van der Waals surface area contributed by atoms with Crippen LogP contribution in [0.25, 0.3) is 0 Å². The molecule has 0 saturated carbocycles. The quantitative estimate of drug-likeness (QED) is 0.756. The average molecular weight is 321 g/mol. The van der Waals surface area contributed by atoms with E-state index in [1.165, 1.54) is 11.3 Å². The molecule has 2 aromatic rings. The first-order valence-corrected chi connectivity index (χ1v) is 7.93. The summed E-state index contributed by atoms with van der Waals surface area (Å²) in [6.07, 6.45) is 0.0791. The molecule has 0 aliphatic rings. The lowest BCUT2D eigenvalue weighted by molar-refractivity contribution is -0.122. The SMILES string of the molecule is CCOCCc1nnc(NC(=O)[C@@H](C)Oc2ccccc2)s1. The Morgan fingerprint density at radius 1 is 1.32 bits per heavy atom. The third kappa shape index (κ3) is 5.09. The van der Waals surface area contributed by atoms with Gasteiger partial charge in [0.25, 0.3) is 5.91 Å². The number of amides is 1. The topological polar surface area (TPSA) is 73.3 Å². The number of nitrogens with one attached hydrogen (secondary N) is 1. The molecule has 118 valence electrons. The number of aromatic nitrogens is 2. The normalized spacial score (nSPS) is 11.9. The Bertz CT molecular complexity index is 589. The van der Waals surface area contributed by atoms with Crippen LogP contribution in [-0.2, 0) is 16.0 Å². The van der Waals surface area contributed by atoms with Crippen molar-refractivity contribution in [3.8, 4) is 5.75 Å². The van der Waals surface area contributed by atoms with Crippen LogP contribution in [0.2, 0.25) is 0 Å². The molecule has 0 fully saturated rings. The summed E-state index contributed by atoms with van der Waals surface area (Å²) in [6.45, 7) is 4.92. The van der Waals surface area contributed by atoms with Gasteiger partial charge in [-0.2, -0.15) is 0 Å². The maximum Gasteiger partial charge on any atom is 0.266 e. The fourth-order valence-electron chi connectivity index (χ4n) is 1.67. The Morgan fingerprint density at radius 2 is 2.09 bits per heavy atom. The molecule has 0 saturated heterocycles. The number of hydrogen-bond acceptors (Lipinski definition) is 6. The summed E-state index contributed by atoms with van der Waals surface area (Å²) in [4.78, 5) is 12.1. The van der Waals surface area contributed by atoms with Gasteiger partial charge in [0.1, 0.15) is 10.8 Å². The fraction of sp³-hybridized carbons (Fsp3) is 0.400. The van der Waals surface area contributed by atoms with E-state index in [0.717, 1.165) is 5.01 Å². The van der Waals surface area contributed by atoms with Crippen molar-refractivity contribution >= 4 is 22.4 Å². The fourth-order valence-corrected chi connectivity index (χ4v) is 2.40. The summed E-state index contributed by atoms with van der Waals surface area (Å²) >= 11 is 1.35. The third-order valence-electron chi connectivity index (χ3n) is 2.79. The van der Waals surface area contributed by atoms with E-state index >= 15 is 0 Å². The number of anilines is 1. The number of carbonyl (C=O) groups is 1. The molecule has 2 rings (SSSR count). The Balaban J connectivity index is 1.83. The summed E-state index contributed by atoms with van der Waals surface area (Å²) < 4.78 is 10.8. The van der Waals surface area contributed by atoms with Gasteiger partial charge in [0.2, 0.25) is 5.13 Å². The Kier molecular flexibility index (Phi) is 6.29. The van der Waals surface area contributed by atoms with Crippen LogP contribution in [0.5, 0.6) is 5.75 Å². The molecule has 1 aromatic carbocycles. The van der Waals surface area contributed by atoms with Gasteiger partial charge in [-0.1, -0.05) is 29.5 Å². The van der Waals surface area contributed by atoms with Crippen LogP contribution >= 0.6 is 11.3 Å². The van der Waals surface area contributed by atoms with Crippen LogP contribution in [0.1, 0.15) is 18.9 Å². The predicted molar refractivity (Wildman–Crippen MR) is 85.3 cm³/mol. The molecule has 0 aliphatic heterocycles. The Morgan fingerprint density at radius 3 is 2.82 bits per heavy atom. The van der Waals surface area contributed by atoms with E-state index in [2.05, 4.69) is 15.5 Å². The van der Waals surface area contributed by atoms with Gasteiger partial charge in [-0.05, 0) is 26.0 Å². The largest absolute Gasteiger partial charge is 0.481 e. The lowest BCUT2D eigenvalue weighted by atomic mass is 10.3. The molecule has 0 aliphatic carbocycles. The smallest absolute Gasteiger partial charge is 0.266 e. The zero-order valence-corrected chi connectivity index (χ0v) is 13.4. The predicted octanol–water partition coefficient (Wildman–Crippen LogP) is 2.52. The summed E-state index contributed by atoms with van der Waals surface area (Å²) in [5, 5.41) is 12.0. The molecule has 0 radical (unpaired) electrons. The van der Waals surface area contributed by atoms with Crippen LogP contribution in [0.4, 0.5) is 5.13 Å². The molecular formula is C15H19N3O3S. The average Bonchev–Trinajstić information content (AvgIpc) is 2.96. The lowest BCUT2D eigenvalue weighted by Crippen LogP contribution is -2.30. The monoisotopic (exact) mass is 321 g/mol. The number of para-hydroxylation sites is 1. The van der Waals surface area contributed by atoms with Gasteiger partial charge in [0.05, 0.1) is 6.61 Å². The lowest BCUT2D eigenvalue weighted by Gasteiger charge is -2.13. The minimum Gasteiger partial charge on any atom is -0.481 e. The molecular weight excluding hydrogens is 302 g/mol. The summed E-state index contributed by atoms with van der Waals surface area (Å²) in [5.74, 6) is 0.399. The van der Waals surface area contributed by atoms with Crippen molar-refractivity contribution in [1.82, 2.24) is 10.2 Å². The minimum atomic E-state index is -0.613. The molecule has 1 atom stereocenters. The van der Waals surface area contributed by atoms with Crippen molar-refractivity contribution in [3.05, 3.63) is 35.3 Å². The number of nitrogens with zero attached hydrogens (tertiary/aromatic N) is 2. The molecule has 1 aromatic heterocycles. The molecule has 7 heteroatoms. The number of benzene rings is 1. The number of hydrogen-bond donors (Lipinski definition) is 1. The number of carbonyl (C=O) groups excluding carboxylic acids is 1. The number of ether oxygens (including phenoxy) is 2. The second kappa shape index (κ2) is 8.45. The van der Waals surface area contributed by atoms with E-state index in [0.29, 0.717) is 30.5 Å². The van der Waals surface area contributed by atoms with Gasteiger partial charge < -0.3 is 9.47 Å². The second-order valence-electron chi connectivity index (χ2n) is 4.51. The molecule has 1 heterocycles. The highest BCUT2D eigenvalue weighted by molar-refractivity contribution is 7.15. The minimum absolute atomic E-state index is 0.253. The van der Waals surface area contributed by atoms with Crippen molar-refractivity contribution in [2.75, 3.05) is 18.5 Å². The van der Waals surface area contributed by atoms with Crippen molar-refractivity contribution in [3.63, 3.8) is 0 Å². The Hall–Kier alpha value is -1.99. The standard InChI is InChI=1S/C15H19N3O3S/c1-3-20-10-9-13-17-18-15(22-13)16-14(19)11(2)21-12-7-5-4-6-8-12/h4-8,11H,3,9-10H2,1-2H3,(H,16,18,19)/t11-/m1/s1. The molecule has 6 nitrogen and oxygen atoms in total. The molecule has 0 unspecified atom stereocenters. The summed E-state index contributed by atoms with van der Waals surface area (Å²) in [7, 11) is 0. The van der Waals surface area contributed by atoms with Gasteiger partial charge in [-0.25, -0.2) is 0 Å². The Labute approximate surface area is 133 Å². The molecule has 0 bridgehead atoms. The second-order valence-corrected chi connectivity index (χ2v) is 5.57. The summed E-state index contributed by atoms with van der Waals surface area (Å²) in [5.41, 5.74) is 0. The molecule has 0 spiro atoms. The van der Waals surface area contributed by atoms with Crippen molar-refractivity contribution in [1.29, 1.82) is 0 Å². The van der Waals surface area contributed by atoms with Crippen LogP contribution < -0.4 is 10.1 Å². The van der Waals surface area contributed by atoms with E-state index in [-0.39, 0.29) is 5.91 Å². The van der Waals surface area contributed by atoms with Crippen LogP contribution in [0.15, 0.2) is 30.3 Å². The van der Waals surface area contributed by atoms with Crippen LogP contribution in [0, 0.1) is 0 Å². The maximum atomic E-state index is 12.1. The van der Waals surface area contributed by atoms with Crippen molar-refractivity contribution in [2.45, 2.75) is 26.4 Å². The van der Waals surface area contributed by atoms with Gasteiger partial charge in [0, 0.05) is 13.0 Å². The highest BCUT2D eigenvalue weighted by Crippen LogP contribution is 2.17. The van der Waals surface area contributed by atoms with E-state index in [9.17, 15) is 4.79 Å². The van der Waals surface area contributed by atoms with Gasteiger partial charge in [0.15, 0.2) is 6.10 Å². The van der Waals surface area contributed by atoms with Gasteiger partial charge in [-0.15, -0.1) is 10.2 Å². The highest BCUT2D eigenvalue weighted by atomic mass is 32.1. The van der Waals surface area contributed by atoms with Gasteiger partial charge in [-0.3, -0.25) is 10.1 Å². The van der Waals surface area contributed by atoms with E-state index in [1.54, 1.807) is 19.1 Å². The van der Waals surface area contributed by atoms with Gasteiger partial charge >= 0.3 is 0 Å².